The summed E-state index contributed by atoms with van der Waals surface area (Å²) in [6, 6.07) is 6.33. The third-order valence-corrected chi connectivity index (χ3v) is 7.13. The maximum Gasteiger partial charge on any atom is 0.207 e. The van der Waals surface area contributed by atoms with E-state index >= 15 is 0 Å². The summed E-state index contributed by atoms with van der Waals surface area (Å²) < 4.78 is 25.1. The van der Waals surface area contributed by atoms with E-state index in [4.69, 9.17) is 0 Å². The van der Waals surface area contributed by atoms with Crippen molar-refractivity contribution in [2.45, 2.75) is 25.8 Å². The third-order valence-electron chi connectivity index (χ3n) is 4.46. The average Bonchev–Trinajstić information content (AvgIpc) is 3.34. The summed E-state index contributed by atoms with van der Waals surface area (Å²) in [5.41, 5.74) is 4.95. The Kier molecular flexibility index (Phi) is 7.03. The molecule has 0 unspecified atom stereocenters. The fourth-order valence-electron chi connectivity index (χ4n) is 3.02. The molecule has 5 nitrogen and oxygen atoms in total. The van der Waals surface area contributed by atoms with Crippen molar-refractivity contribution in [1.82, 2.24) is 14.3 Å². The van der Waals surface area contributed by atoms with Crippen LogP contribution in [0, 0.1) is 6.92 Å². The second-order valence-corrected chi connectivity index (χ2v) is 9.32. The van der Waals surface area contributed by atoms with Crippen molar-refractivity contribution in [2.75, 3.05) is 11.5 Å². The number of fused-ring (bicyclic) bond motifs is 1. The second kappa shape index (κ2) is 9.48. The predicted molar refractivity (Wildman–Crippen MR) is 112 cm³/mol. The van der Waals surface area contributed by atoms with Gasteiger partial charge in [-0.25, -0.2) is 0 Å². The molecule has 0 aliphatic carbocycles. The summed E-state index contributed by atoms with van der Waals surface area (Å²) in [6.45, 7) is 2.04. The molecule has 0 spiro atoms. The van der Waals surface area contributed by atoms with Crippen molar-refractivity contribution in [1.29, 1.82) is 0 Å². The Hall–Kier alpha value is -1.71. The molecule has 9 heteroatoms. The lowest BCUT2D eigenvalue weighted by molar-refractivity contribution is -0.110. The van der Waals surface area contributed by atoms with Gasteiger partial charge in [-0.3, -0.25) is 18.0 Å². The van der Waals surface area contributed by atoms with Gasteiger partial charge in [0, 0.05) is 46.1 Å². The van der Waals surface area contributed by atoms with Crippen LogP contribution in [-0.2, 0) is 15.6 Å². The highest BCUT2D eigenvalue weighted by Crippen LogP contribution is 2.31. The number of carbonyl (C=O) groups is 1. The van der Waals surface area contributed by atoms with E-state index in [1.807, 2.05) is 25.3 Å². The standard InChI is InChI=1S/C12H9FN2S2.C6H11NO2S/c1-8-4-9(12-6-14-7-16-12)5-11-10(8)2-3-15(11)17-13;8-5-7-6-1-3-10(9)4-2-6/h2-7H,1H3;5-6H,1-4H2,(H,7,8). The molecule has 4 rings (SSSR count). The van der Waals surface area contributed by atoms with Crippen LogP contribution in [0.1, 0.15) is 18.4 Å². The Morgan fingerprint density at radius 3 is 2.81 bits per heavy atom. The molecule has 144 valence electrons. The molecule has 0 atom stereocenters. The monoisotopic (exact) mass is 425 g/mol. The number of nitrogens with one attached hydrogen (secondary N) is 1. The zero-order valence-corrected chi connectivity index (χ0v) is 17.2. The molecular weight excluding hydrogens is 405 g/mol. The number of nitrogens with zero attached hydrogens (tertiary/aromatic N) is 2. The molecule has 1 N–H and O–H groups in total. The van der Waals surface area contributed by atoms with Crippen LogP contribution in [0.15, 0.2) is 36.1 Å². The quantitative estimate of drug-likeness (QED) is 0.640. The normalized spacial score (nSPS) is 19.3. The van der Waals surface area contributed by atoms with E-state index in [0.29, 0.717) is 0 Å². The van der Waals surface area contributed by atoms with Crippen LogP contribution in [-0.4, -0.2) is 37.1 Å². The van der Waals surface area contributed by atoms with Crippen LogP contribution in [0.4, 0.5) is 3.89 Å². The molecule has 27 heavy (non-hydrogen) atoms. The molecular formula is C18H20FN3O2S3. The van der Waals surface area contributed by atoms with Gasteiger partial charge >= 0.3 is 0 Å². The summed E-state index contributed by atoms with van der Waals surface area (Å²) in [5.74, 6) is 1.48. The maximum atomic E-state index is 12.8. The first-order chi connectivity index (χ1) is 13.1. The van der Waals surface area contributed by atoms with E-state index in [1.165, 1.54) is 3.97 Å². The number of hydrogen-bond acceptors (Lipinski definition) is 5. The fourth-order valence-corrected chi connectivity index (χ4v) is 5.26. The van der Waals surface area contributed by atoms with Crippen LogP contribution in [0.2, 0.25) is 0 Å². The van der Waals surface area contributed by atoms with Gasteiger partial charge in [-0.1, -0.05) is 0 Å². The predicted octanol–water partition coefficient (Wildman–Crippen LogP) is 4.10. The molecule has 1 fully saturated rings. The Labute approximate surface area is 168 Å². The fraction of sp³-hybridized carbons (Fsp3) is 0.333. The maximum absolute atomic E-state index is 12.8. The molecule has 3 heterocycles. The van der Waals surface area contributed by atoms with Crippen LogP contribution < -0.4 is 5.32 Å². The minimum absolute atomic E-state index is 0.224. The van der Waals surface area contributed by atoms with E-state index in [-0.39, 0.29) is 18.4 Å². The first-order valence-corrected chi connectivity index (χ1v) is 11.5. The average molecular weight is 426 g/mol. The minimum Gasteiger partial charge on any atom is -0.356 e. The largest absolute Gasteiger partial charge is 0.356 e. The Morgan fingerprint density at radius 2 is 2.19 bits per heavy atom. The lowest BCUT2D eigenvalue weighted by atomic mass is 10.1. The lowest BCUT2D eigenvalue weighted by Crippen LogP contribution is -2.34. The van der Waals surface area contributed by atoms with Crippen LogP contribution in [0.25, 0.3) is 21.3 Å². The van der Waals surface area contributed by atoms with E-state index in [1.54, 1.807) is 23.0 Å². The topological polar surface area (TPSA) is 64.0 Å². The smallest absolute Gasteiger partial charge is 0.207 e. The summed E-state index contributed by atoms with van der Waals surface area (Å²) >= 11 is 1.81. The summed E-state index contributed by atoms with van der Waals surface area (Å²) in [6.07, 6.45) is 6.04. The number of aromatic nitrogens is 2. The van der Waals surface area contributed by atoms with Gasteiger partial charge in [0.05, 0.1) is 15.9 Å². The minimum atomic E-state index is -0.620. The highest BCUT2D eigenvalue weighted by atomic mass is 32.2. The molecule has 3 aromatic rings. The number of thiazole rings is 1. The van der Waals surface area contributed by atoms with Gasteiger partial charge in [-0.15, -0.1) is 15.2 Å². The van der Waals surface area contributed by atoms with Gasteiger partial charge in [0.1, 0.15) is 0 Å². The van der Waals surface area contributed by atoms with Crippen molar-refractivity contribution in [2.24, 2.45) is 0 Å². The summed E-state index contributed by atoms with van der Waals surface area (Å²) in [4.78, 5) is 15.1. The third kappa shape index (κ3) is 4.97. The van der Waals surface area contributed by atoms with Crippen molar-refractivity contribution in [3.8, 4) is 10.4 Å². The number of carbonyl (C=O) groups excluding carboxylic acids is 1. The van der Waals surface area contributed by atoms with Crippen molar-refractivity contribution >= 4 is 51.8 Å². The first kappa shape index (κ1) is 20.0. The van der Waals surface area contributed by atoms with E-state index in [9.17, 15) is 12.9 Å². The molecule has 1 aliphatic heterocycles. The number of aryl methyl sites for hydroxylation is 1. The summed E-state index contributed by atoms with van der Waals surface area (Å²) in [5, 5.41) is 3.78. The van der Waals surface area contributed by atoms with Crippen molar-refractivity contribution in [3.05, 3.63) is 41.7 Å². The van der Waals surface area contributed by atoms with Gasteiger partial charge < -0.3 is 5.32 Å². The van der Waals surface area contributed by atoms with Gasteiger partial charge in [-0.05, 0) is 49.1 Å². The molecule has 0 saturated carbocycles. The van der Waals surface area contributed by atoms with Crippen LogP contribution >= 0.6 is 23.7 Å². The first-order valence-electron chi connectivity index (χ1n) is 8.46. The van der Waals surface area contributed by atoms with Crippen molar-refractivity contribution < 1.29 is 12.9 Å². The number of halogens is 1. The Bertz CT molecular complexity index is 917. The Balaban J connectivity index is 0.000000180. The SMILES string of the molecule is Cc1cc(-c2cncs2)cc2c1ccn2SF.O=CNC1CCS(=O)CC1. The molecule has 0 radical (unpaired) electrons. The lowest BCUT2D eigenvalue weighted by Gasteiger charge is -2.19. The van der Waals surface area contributed by atoms with E-state index in [0.717, 1.165) is 57.7 Å². The zero-order chi connectivity index (χ0) is 19.2. The van der Waals surface area contributed by atoms with Crippen molar-refractivity contribution in [3.63, 3.8) is 0 Å². The van der Waals surface area contributed by atoms with Gasteiger partial charge in [0.25, 0.3) is 0 Å². The molecule has 1 aliphatic rings. The Morgan fingerprint density at radius 1 is 1.41 bits per heavy atom. The van der Waals surface area contributed by atoms with Gasteiger partial charge in [0.15, 0.2) is 12.3 Å². The summed E-state index contributed by atoms with van der Waals surface area (Å²) in [7, 11) is -0.620. The second-order valence-electron chi connectivity index (χ2n) is 6.21. The molecule has 1 amide bonds. The number of hydrogen-bond donors (Lipinski definition) is 1. The van der Waals surface area contributed by atoms with Crippen LogP contribution in [0.3, 0.4) is 0 Å². The van der Waals surface area contributed by atoms with Crippen LogP contribution in [0.5, 0.6) is 0 Å². The highest BCUT2D eigenvalue weighted by Gasteiger charge is 2.16. The van der Waals surface area contributed by atoms with E-state index in [2.05, 4.69) is 16.4 Å². The highest BCUT2D eigenvalue weighted by molar-refractivity contribution is 7.92. The van der Waals surface area contributed by atoms with E-state index < -0.39 is 10.8 Å². The zero-order valence-electron chi connectivity index (χ0n) is 14.8. The van der Waals surface area contributed by atoms with Gasteiger partial charge in [-0.2, -0.15) is 0 Å². The molecule has 1 saturated heterocycles. The van der Waals surface area contributed by atoms with Gasteiger partial charge in [0.2, 0.25) is 6.41 Å². The number of benzene rings is 1. The number of rotatable bonds is 4. The molecule has 2 aromatic heterocycles. The number of amides is 1. The molecule has 0 bridgehead atoms. The molecule has 1 aromatic carbocycles.